The number of hydrogen-bond donors (Lipinski definition) is 1. The van der Waals surface area contributed by atoms with Crippen LogP contribution < -0.4 is 10.2 Å². The molecule has 144 valence electrons. The zero-order valence-corrected chi connectivity index (χ0v) is 16.6. The van der Waals surface area contributed by atoms with E-state index in [-0.39, 0.29) is 5.91 Å². The largest absolute Gasteiger partial charge is 0.369 e. The second kappa shape index (κ2) is 7.56. The highest BCUT2D eigenvalue weighted by atomic mass is 16.1. The number of likely N-dealkylation sites (N-methyl/N-ethyl adjacent to an activating group) is 1. The first-order chi connectivity index (χ1) is 13.5. The Morgan fingerprint density at radius 3 is 2.21 bits per heavy atom. The van der Waals surface area contributed by atoms with Crippen LogP contribution in [-0.2, 0) is 0 Å². The van der Waals surface area contributed by atoms with E-state index in [9.17, 15) is 4.79 Å². The average molecular weight is 375 g/mol. The number of piperazine rings is 1. The zero-order valence-electron chi connectivity index (χ0n) is 16.6. The summed E-state index contributed by atoms with van der Waals surface area (Å²) in [4.78, 5) is 26.4. The highest BCUT2D eigenvalue weighted by Gasteiger charge is 2.14. The van der Waals surface area contributed by atoms with Crippen LogP contribution in [0.15, 0.2) is 42.5 Å². The quantitative estimate of drug-likeness (QED) is 0.761. The van der Waals surface area contributed by atoms with Crippen molar-refractivity contribution < 1.29 is 4.79 Å². The molecular weight excluding hydrogens is 350 g/mol. The van der Waals surface area contributed by atoms with Gasteiger partial charge in [0.25, 0.3) is 5.91 Å². The first-order valence-corrected chi connectivity index (χ1v) is 9.59. The van der Waals surface area contributed by atoms with Gasteiger partial charge in [0, 0.05) is 43.1 Å². The summed E-state index contributed by atoms with van der Waals surface area (Å²) in [6.07, 6.45) is 0. The summed E-state index contributed by atoms with van der Waals surface area (Å²) in [5, 5.41) is 2.97. The van der Waals surface area contributed by atoms with Crippen LogP contribution in [0, 0.1) is 13.8 Å². The molecular formula is C22H25N5O. The molecule has 0 spiro atoms. The molecule has 3 aromatic rings. The Bertz CT molecular complexity index is 1010. The molecule has 0 unspecified atom stereocenters. The number of benzene rings is 2. The summed E-state index contributed by atoms with van der Waals surface area (Å²) >= 11 is 0. The van der Waals surface area contributed by atoms with Crippen LogP contribution in [0.5, 0.6) is 0 Å². The molecule has 6 nitrogen and oxygen atoms in total. The minimum absolute atomic E-state index is 0.144. The number of fused-ring (bicyclic) bond motifs is 1. The number of amides is 1. The Labute approximate surface area is 165 Å². The topological polar surface area (TPSA) is 61.4 Å². The van der Waals surface area contributed by atoms with Gasteiger partial charge in [-0.3, -0.25) is 4.79 Å². The normalized spacial score (nSPS) is 15.0. The predicted molar refractivity (Wildman–Crippen MR) is 113 cm³/mol. The number of nitrogens with one attached hydrogen (secondary N) is 1. The van der Waals surface area contributed by atoms with E-state index in [0.717, 1.165) is 54.3 Å². The summed E-state index contributed by atoms with van der Waals surface area (Å²) < 4.78 is 0. The van der Waals surface area contributed by atoms with Gasteiger partial charge in [-0.25, -0.2) is 9.97 Å². The standard InChI is InChI=1S/C22H25N5O/c1-15-16(2)24-21-14-17(4-9-20(21)23-15)22(28)25-18-5-7-19(8-6-18)27-12-10-26(3)11-13-27/h4-9,14H,10-13H2,1-3H3,(H,25,28). The van der Waals surface area contributed by atoms with Crippen LogP contribution in [0.1, 0.15) is 21.7 Å². The van der Waals surface area contributed by atoms with Gasteiger partial charge >= 0.3 is 0 Å². The maximum atomic E-state index is 12.7. The van der Waals surface area contributed by atoms with E-state index < -0.39 is 0 Å². The summed E-state index contributed by atoms with van der Waals surface area (Å²) in [5.41, 5.74) is 5.88. The number of anilines is 2. The van der Waals surface area contributed by atoms with E-state index in [1.54, 1.807) is 12.1 Å². The third-order valence-corrected chi connectivity index (χ3v) is 5.33. The fourth-order valence-corrected chi connectivity index (χ4v) is 3.40. The third-order valence-electron chi connectivity index (χ3n) is 5.33. The first-order valence-electron chi connectivity index (χ1n) is 9.59. The van der Waals surface area contributed by atoms with Gasteiger partial charge in [-0.1, -0.05) is 0 Å². The lowest BCUT2D eigenvalue weighted by Gasteiger charge is -2.34. The van der Waals surface area contributed by atoms with Crippen LogP contribution in [0.25, 0.3) is 11.0 Å². The zero-order chi connectivity index (χ0) is 19.7. The Morgan fingerprint density at radius 2 is 1.54 bits per heavy atom. The van der Waals surface area contributed by atoms with Gasteiger partial charge in [0.05, 0.1) is 22.4 Å². The fourth-order valence-electron chi connectivity index (χ4n) is 3.40. The summed E-state index contributed by atoms with van der Waals surface area (Å²) in [5.74, 6) is -0.144. The van der Waals surface area contributed by atoms with Gasteiger partial charge in [-0.15, -0.1) is 0 Å². The van der Waals surface area contributed by atoms with E-state index in [1.807, 2.05) is 32.0 Å². The number of hydrogen-bond acceptors (Lipinski definition) is 5. The molecule has 0 saturated carbocycles. The second-order valence-electron chi connectivity index (χ2n) is 7.39. The van der Waals surface area contributed by atoms with Crippen LogP contribution >= 0.6 is 0 Å². The van der Waals surface area contributed by atoms with Crippen LogP contribution in [0.3, 0.4) is 0 Å². The molecule has 1 aromatic heterocycles. The third kappa shape index (κ3) is 3.82. The molecule has 1 aliphatic rings. The number of nitrogens with zero attached hydrogens (tertiary/aromatic N) is 4. The van der Waals surface area contributed by atoms with Gasteiger partial charge < -0.3 is 15.1 Å². The highest BCUT2D eigenvalue weighted by Crippen LogP contribution is 2.20. The SMILES string of the molecule is Cc1nc2ccc(C(=O)Nc3ccc(N4CCN(C)CC4)cc3)cc2nc1C. The van der Waals surface area contributed by atoms with E-state index in [2.05, 4.69) is 44.3 Å². The minimum Gasteiger partial charge on any atom is -0.369 e. The van der Waals surface area contributed by atoms with E-state index in [4.69, 9.17) is 0 Å². The fraction of sp³-hybridized carbons (Fsp3) is 0.318. The predicted octanol–water partition coefficient (Wildman–Crippen LogP) is 3.25. The number of rotatable bonds is 3. The van der Waals surface area contributed by atoms with Crippen molar-refractivity contribution in [3.63, 3.8) is 0 Å². The molecule has 2 aromatic carbocycles. The van der Waals surface area contributed by atoms with E-state index in [1.165, 1.54) is 5.69 Å². The molecule has 0 atom stereocenters. The van der Waals surface area contributed by atoms with Crippen molar-refractivity contribution >= 4 is 28.3 Å². The Balaban J connectivity index is 1.47. The Morgan fingerprint density at radius 1 is 0.893 bits per heavy atom. The molecule has 6 heteroatoms. The number of aromatic nitrogens is 2. The highest BCUT2D eigenvalue weighted by molar-refractivity contribution is 6.05. The van der Waals surface area contributed by atoms with Crippen molar-refractivity contribution in [2.75, 3.05) is 43.4 Å². The average Bonchev–Trinajstić information content (AvgIpc) is 2.70. The molecule has 2 heterocycles. The van der Waals surface area contributed by atoms with Crippen molar-refractivity contribution in [1.29, 1.82) is 0 Å². The van der Waals surface area contributed by atoms with Gasteiger partial charge in [0.15, 0.2) is 0 Å². The lowest BCUT2D eigenvalue weighted by Crippen LogP contribution is -2.44. The minimum atomic E-state index is -0.144. The Hall–Kier alpha value is -2.99. The number of aryl methyl sites for hydroxylation is 2. The molecule has 28 heavy (non-hydrogen) atoms. The van der Waals surface area contributed by atoms with Gasteiger partial charge in [-0.05, 0) is 63.4 Å². The molecule has 1 aliphatic heterocycles. The molecule has 0 radical (unpaired) electrons. The Kier molecular flexibility index (Phi) is 4.96. The summed E-state index contributed by atoms with van der Waals surface area (Å²) in [6, 6.07) is 13.5. The lowest BCUT2D eigenvalue weighted by atomic mass is 10.1. The molecule has 1 saturated heterocycles. The van der Waals surface area contributed by atoms with Gasteiger partial charge in [0.2, 0.25) is 0 Å². The number of carbonyl (C=O) groups excluding carboxylic acids is 1. The maximum absolute atomic E-state index is 12.7. The molecule has 0 bridgehead atoms. The van der Waals surface area contributed by atoms with Gasteiger partial charge in [0.1, 0.15) is 0 Å². The molecule has 1 N–H and O–H groups in total. The molecule has 4 rings (SSSR count). The first kappa shape index (κ1) is 18.4. The smallest absolute Gasteiger partial charge is 0.255 e. The van der Waals surface area contributed by atoms with Crippen molar-refractivity contribution in [2.24, 2.45) is 0 Å². The van der Waals surface area contributed by atoms with Crippen LogP contribution in [0.4, 0.5) is 11.4 Å². The maximum Gasteiger partial charge on any atom is 0.255 e. The van der Waals surface area contributed by atoms with E-state index >= 15 is 0 Å². The molecule has 1 fully saturated rings. The molecule has 1 amide bonds. The van der Waals surface area contributed by atoms with Crippen LogP contribution in [0.2, 0.25) is 0 Å². The number of carbonyl (C=O) groups is 1. The molecule has 0 aliphatic carbocycles. The van der Waals surface area contributed by atoms with Crippen molar-refractivity contribution in [3.05, 3.63) is 59.4 Å². The monoisotopic (exact) mass is 375 g/mol. The lowest BCUT2D eigenvalue weighted by molar-refractivity contribution is 0.102. The summed E-state index contributed by atoms with van der Waals surface area (Å²) in [7, 11) is 2.15. The van der Waals surface area contributed by atoms with Crippen molar-refractivity contribution in [2.45, 2.75) is 13.8 Å². The van der Waals surface area contributed by atoms with Gasteiger partial charge in [-0.2, -0.15) is 0 Å². The van der Waals surface area contributed by atoms with Crippen LogP contribution in [-0.4, -0.2) is 54.0 Å². The van der Waals surface area contributed by atoms with E-state index in [0.29, 0.717) is 5.56 Å². The van der Waals surface area contributed by atoms with Crippen molar-refractivity contribution in [3.8, 4) is 0 Å². The summed E-state index contributed by atoms with van der Waals surface area (Å²) in [6.45, 7) is 8.06. The second-order valence-corrected chi connectivity index (χ2v) is 7.39. The van der Waals surface area contributed by atoms with Crippen molar-refractivity contribution in [1.82, 2.24) is 14.9 Å².